The van der Waals surface area contributed by atoms with Crippen LogP contribution >= 0.6 is 0 Å². The summed E-state index contributed by atoms with van der Waals surface area (Å²) in [7, 11) is 1.36. The first-order chi connectivity index (χ1) is 9.17. The van der Waals surface area contributed by atoms with Crippen molar-refractivity contribution in [1.82, 2.24) is 4.90 Å². The minimum absolute atomic E-state index is 0.115. The highest BCUT2D eigenvalue weighted by atomic mass is 16.6. The van der Waals surface area contributed by atoms with Gasteiger partial charge in [-0.15, -0.1) is 0 Å². The van der Waals surface area contributed by atoms with E-state index < -0.39 is 17.7 Å². The number of esters is 1. The van der Waals surface area contributed by atoms with Crippen molar-refractivity contribution >= 4 is 12.1 Å². The van der Waals surface area contributed by atoms with Gasteiger partial charge in [0.05, 0.1) is 7.11 Å². The van der Waals surface area contributed by atoms with Gasteiger partial charge in [-0.2, -0.15) is 0 Å². The molecule has 20 heavy (non-hydrogen) atoms. The summed E-state index contributed by atoms with van der Waals surface area (Å²) < 4.78 is 10.3. The predicted molar refractivity (Wildman–Crippen MR) is 76.3 cm³/mol. The minimum Gasteiger partial charge on any atom is -0.467 e. The number of methoxy groups -OCH3 is 1. The smallest absolute Gasteiger partial charge is 0.411 e. The molecule has 1 heterocycles. The average molecular weight is 285 g/mol. The number of likely N-dealkylation sites (tertiary alicyclic amines) is 1. The second kappa shape index (κ2) is 6.46. The lowest BCUT2D eigenvalue weighted by molar-refractivity contribution is -0.151. The largest absolute Gasteiger partial charge is 0.467 e. The molecule has 5 heteroatoms. The molecule has 0 bridgehead atoms. The molecule has 1 rings (SSSR count). The van der Waals surface area contributed by atoms with Crippen LogP contribution in [0.1, 0.15) is 47.5 Å². The van der Waals surface area contributed by atoms with Crippen molar-refractivity contribution in [3.05, 3.63) is 0 Å². The first-order valence-corrected chi connectivity index (χ1v) is 7.25. The Morgan fingerprint density at radius 2 is 1.85 bits per heavy atom. The third-order valence-corrected chi connectivity index (χ3v) is 3.60. The topological polar surface area (TPSA) is 55.8 Å². The van der Waals surface area contributed by atoms with Crippen molar-refractivity contribution in [2.24, 2.45) is 11.8 Å². The van der Waals surface area contributed by atoms with Crippen LogP contribution in [0.15, 0.2) is 0 Å². The van der Waals surface area contributed by atoms with Crippen LogP contribution in [0.2, 0.25) is 0 Å². The lowest BCUT2D eigenvalue weighted by atomic mass is 9.81. The predicted octanol–water partition coefficient (Wildman–Crippen LogP) is 2.83. The molecule has 0 aliphatic carbocycles. The number of piperidine rings is 1. The van der Waals surface area contributed by atoms with E-state index in [1.54, 1.807) is 0 Å². The Bertz CT molecular complexity index is 359. The van der Waals surface area contributed by atoms with Gasteiger partial charge in [0.25, 0.3) is 0 Å². The molecule has 1 amide bonds. The van der Waals surface area contributed by atoms with E-state index in [1.807, 2.05) is 20.8 Å². The van der Waals surface area contributed by atoms with E-state index in [9.17, 15) is 9.59 Å². The fourth-order valence-corrected chi connectivity index (χ4v) is 2.67. The Labute approximate surface area is 121 Å². The summed E-state index contributed by atoms with van der Waals surface area (Å²) in [6.45, 7) is 10.1. The molecule has 2 atom stereocenters. The number of rotatable bonds is 2. The molecule has 0 aromatic rings. The molecule has 116 valence electrons. The average Bonchev–Trinajstić information content (AvgIpc) is 2.34. The van der Waals surface area contributed by atoms with Crippen molar-refractivity contribution in [2.75, 3.05) is 13.7 Å². The summed E-state index contributed by atoms with van der Waals surface area (Å²) in [6, 6.07) is -0.538. The van der Waals surface area contributed by atoms with Crippen molar-refractivity contribution in [3.8, 4) is 0 Å². The molecule has 1 saturated heterocycles. The molecule has 0 saturated carbocycles. The van der Waals surface area contributed by atoms with Crippen LogP contribution in [0.25, 0.3) is 0 Å². The molecular formula is C15H27NO4. The summed E-state index contributed by atoms with van der Waals surface area (Å²) >= 11 is 0. The molecule has 1 aliphatic rings. The van der Waals surface area contributed by atoms with Gasteiger partial charge in [0.2, 0.25) is 0 Å². The monoisotopic (exact) mass is 285 g/mol. The van der Waals surface area contributed by atoms with Crippen LogP contribution in [0.4, 0.5) is 4.79 Å². The maximum Gasteiger partial charge on any atom is 0.411 e. The second-order valence-electron chi connectivity index (χ2n) is 6.69. The van der Waals surface area contributed by atoms with Crippen LogP contribution < -0.4 is 0 Å². The van der Waals surface area contributed by atoms with Crippen LogP contribution in [-0.2, 0) is 14.3 Å². The summed E-state index contributed by atoms with van der Waals surface area (Å²) in [5.74, 6) is 0.0716. The normalized spacial score (nSPS) is 23.6. The molecule has 0 spiro atoms. The van der Waals surface area contributed by atoms with Gasteiger partial charge in [-0.25, -0.2) is 9.59 Å². The van der Waals surface area contributed by atoms with Crippen LogP contribution in [0.5, 0.6) is 0 Å². The Morgan fingerprint density at radius 1 is 1.25 bits per heavy atom. The van der Waals surface area contributed by atoms with Crippen LogP contribution in [0.3, 0.4) is 0 Å². The van der Waals surface area contributed by atoms with E-state index >= 15 is 0 Å². The quantitative estimate of drug-likeness (QED) is 0.732. The summed E-state index contributed by atoms with van der Waals surface area (Å²) in [5.41, 5.74) is -0.567. The Morgan fingerprint density at radius 3 is 2.30 bits per heavy atom. The lowest BCUT2D eigenvalue weighted by Crippen LogP contribution is -2.55. The van der Waals surface area contributed by atoms with Gasteiger partial charge < -0.3 is 9.47 Å². The zero-order valence-electron chi connectivity index (χ0n) is 13.4. The molecule has 0 radical (unpaired) electrons. The fraction of sp³-hybridized carbons (Fsp3) is 0.867. The highest BCUT2D eigenvalue weighted by Gasteiger charge is 2.42. The number of ether oxygens (including phenoxy) is 2. The van der Waals surface area contributed by atoms with Gasteiger partial charge in [-0.05, 0) is 45.4 Å². The Kier molecular flexibility index (Phi) is 5.42. The van der Waals surface area contributed by atoms with Gasteiger partial charge in [0.1, 0.15) is 11.6 Å². The third kappa shape index (κ3) is 4.12. The maximum atomic E-state index is 12.3. The molecule has 0 N–H and O–H groups in total. The van der Waals surface area contributed by atoms with Crippen LogP contribution in [0, 0.1) is 11.8 Å². The highest BCUT2D eigenvalue weighted by molar-refractivity contribution is 5.82. The Balaban J connectivity index is 2.96. The summed E-state index contributed by atoms with van der Waals surface area (Å²) in [6.07, 6.45) is 1.38. The molecule has 0 aromatic heterocycles. The molecule has 0 unspecified atom stereocenters. The zero-order valence-corrected chi connectivity index (χ0v) is 13.4. The maximum absolute atomic E-state index is 12.3. The highest BCUT2D eigenvalue weighted by Crippen LogP contribution is 2.31. The van der Waals surface area contributed by atoms with E-state index in [0.717, 1.165) is 12.8 Å². The molecule has 1 aliphatic heterocycles. The standard InChI is InChI=1S/C15H27NO4/c1-10(2)11-8-7-9-16(12(11)13(17)19-6)14(18)20-15(3,4)5/h10-12H,7-9H2,1-6H3/t11-,12+/m1/s1. The summed E-state index contributed by atoms with van der Waals surface area (Å²) in [5, 5.41) is 0. The van der Waals surface area contributed by atoms with Gasteiger partial charge in [0, 0.05) is 6.54 Å². The van der Waals surface area contributed by atoms with Gasteiger partial charge in [-0.3, -0.25) is 4.90 Å². The number of hydrogen-bond donors (Lipinski definition) is 0. The summed E-state index contributed by atoms with van der Waals surface area (Å²) in [4.78, 5) is 25.9. The second-order valence-corrected chi connectivity index (χ2v) is 6.69. The van der Waals surface area contributed by atoms with Gasteiger partial charge in [0.15, 0.2) is 0 Å². The number of hydrogen-bond acceptors (Lipinski definition) is 4. The van der Waals surface area contributed by atoms with E-state index in [-0.39, 0.29) is 11.9 Å². The van der Waals surface area contributed by atoms with Crippen molar-refractivity contribution in [2.45, 2.75) is 59.1 Å². The molecular weight excluding hydrogens is 258 g/mol. The molecule has 5 nitrogen and oxygen atoms in total. The minimum atomic E-state index is -0.567. The number of nitrogens with zero attached hydrogens (tertiary/aromatic N) is 1. The first-order valence-electron chi connectivity index (χ1n) is 7.25. The molecule has 0 aromatic carbocycles. The van der Waals surface area contributed by atoms with E-state index in [4.69, 9.17) is 9.47 Å². The van der Waals surface area contributed by atoms with Crippen molar-refractivity contribution in [1.29, 1.82) is 0 Å². The van der Waals surface area contributed by atoms with E-state index in [0.29, 0.717) is 12.5 Å². The SMILES string of the molecule is COC(=O)[C@@H]1[C@@H](C(C)C)CCCN1C(=O)OC(C)(C)C. The number of amides is 1. The van der Waals surface area contributed by atoms with Crippen molar-refractivity contribution in [3.63, 3.8) is 0 Å². The van der Waals surface area contributed by atoms with Gasteiger partial charge in [-0.1, -0.05) is 13.8 Å². The Hall–Kier alpha value is -1.26. The van der Waals surface area contributed by atoms with E-state index in [1.165, 1.54) is 12.0 Å². The van der Waals surface area contributed by atoms with E-state index in [2.05, 4.69) is 13.8 Å². The van der Waals surface area contributed by atoms with Crippen LogP contribution in [-0.4, -0.2) is 42.3 Å². The van der Waals surface area contributed by atoms with Gasteiger partial charge >= 0.3 is 12.1 Å². The third-order valence-electron chi connectivity index (χ3n) is 3.60. The van der Waals surface area contributed by atoms with Crippen molar-refractivity contribution < 1.29 is 19.1 Å². The number of carbonyl (C=O) groups is 2. The zero-order chi connectivity index (χ0) is 15.5. The fourth-order valence-electron chi connectivity index (χ4n) is 2.67. The number of carbonyl (C=O) groups excluding carboxylic acids is 2. The first kappa shape index (κ1) is 16.8. The molecule has 1 fully saturated rings. The lowest BCUT2D eigenvalue weighted by Gasteiger charge is -2.41.